The van der Waals surface area contributed by atoms with Crippen LogP contribution >= 0.6 is 0 Å². The molecule has 0 N–H and O–H groups in total. The molecule has 5 heteroatoms. The third-order valence-electron chi connectivity index (χ3n) is 3.84. The van der Waals surface area contributed by atoms with E-state index in [4.69, 9.17) is 0 Å². The monoisotopic (exact) mass is 363 g/mol. The molecule has 2 heterocycles. The molecule has 0 aliphatic rings. The van der Waals surface area contributed by atoms with Gasteiger partial charge in [0, 0.05) is 17.8 Å². The summed E-state index contributed by atoms with van der Waals surface area (Å²) in [4.78, 5) is 8.88. The van der Waals surface area contributed by atoms with Crippen LogP contribution in [0.4, 0.5) is 0 Å². The van der Waals surface area contributed by atoms with Gasteiger partial charge in [0.1, 0.15) is 0 Å². The predicted octanol–water partition coefficient (Wildman–Crippen LogP) is 2.52. The van der Waals surface area contributed by atoms with Gasteiger partial charge in [-0.3, -0.25) is 9.97 Å². The minimum Gasteiger partial charge on any atom is -0.871 e. The van der Waals surface area contributed by atoms with E-state index in [1.54, 1.807) is 12.1 Å². The number of fused-ring (bicyclic) bond motifs is 2. The Labute approximate surface area is 149 Å². The minimum absolute atomic E-state index is 0. The summed E-state index contributed by atoms with van der Waals surface area (Å²) in [6, 6.07) is 17.8. The first-order chi connectivity index (χ1) is 11.2. The third-order valence-corrected chi connectivity index (χ3v) is 3.84. The molecule has 24 heavy (non-hydrogen) atoms. The van der Waals surface area contributed by atoms with E-state index in [-0.39, 0.29) is 28.6 Å². The van der Waals surface area contributed by atoms with Gasteiger partial charge in [-0.1, -0.05) is 60.0 Å². The fourth-order valence-electron chi connectivity index (χ4n) is 2.70. The van der Waals surface area contributed by atoms with Crippen LogP contribution in [0.25, 0.3) is 21.8 Å². The van der Waals surface area contributed by atoms with Crippen LogP contribution in [0, 0.1) is 0 Å². The van der Waals surface area contributed by atoms with Gasteiger partial charge < -0.3 is 10.2 Å². The number of pyridine rings is 2. The Kier molecular flexibility index (Phi) is 4.38. The molecule has 0 atom stereocenters. The number of rotatable bonds is 2. The summed E-state index contributed by atoms with van der Waals surface area (Å²) in [7, 11) is 0. The van der Waals surface area contributed by atoms with Gasteiger partial charge in [0.25, 0.3) is 0 Å². The number of benzene rings is 2. The Morgan fingerprint density at radius 1 is 0.625 bits per heavy atom. The summed E-state index contributed by atoms with van der Waals surface area (Å²) in [5.74, 6) is -0.171. The number of hydrogen-bond acceptors (Lipinski definition) is 4. The first-order valence-electron chi connectivity index (χ1n) is 7.32. The van der Waals surface area contributed by atoms with Crippen molar-refractivity contribution in [3.63, 3.8) is 0 Å². The molecule has 1 radical (unpaired) electrons. The molecule has 4 rings (SSSR count). The van der Waals surface area contributed by atoms with Crippen molar-refractivity contribution in [1.29, 1.82) is 0 Å². The van der Waals surface area contributed by atoms with Crippen molar-refractivity contribution in [2.75, 3.05) is 0 Å². The number of nitrogens with zero attached hydrogens (tertiary/aromatic N) is 2. The zero-order valence-corrected chi connectivity index (χ0v) is 13.4. The molecule has 4 aromatic rings. The van der Waals surface area contributed by atoms with E-state index < -0.39 is 0 Å². The molecule has 0 aliphatic carbocycles. The Morgan fingerprint density at radius 3 is 1.54 bits per heavy atom. The van der Waals surface area contributed by atoms with Crippen molar-refractivity contribution in [2.24, 2.45) is 0 Å². The fourth-order valence-corrected chi connectivity index (χ4v) is 2.70. The first kappa shape index (κ1) is 16.2. The quantitative estimate of drug-likeness (QED) is 0.513. The van der Waals surface area contributed by atoms with Gasteiger partial charge in [-0.05, 0) is 22.9 Å². The summed E-state index contributed by atoms with van der Waals surface area (Å²) in [6.45, 7) is 0. The third kappa shape index (κ3) is 2.92. The molecule has 0 bridgehead atoms. The summed E-state index contributed by atoms with van der Waals surface area (Å²) in [5.41, 5.74) is 2.46. The zero-order chi connectivity index (χ0) is 15.8. The SMILES string of the molecule is [Cu+2].[O-]c1cccc2ccc(Cc3ccc4cccc([O-])c4n3)nc12. The second-order valence-corrected chi connectivity index (χ2v) is 5.44. The normalized spacial score (nSPS) is 10.7. The first-order valence-corrected chi connectivity index (χ1v) is 7.32. The Morgan fingerprint density at radius 2 is 1.08 bits per heavy atom. The molecule has 0 saturated heterocycles. The Balaban J connectivity index is 0.00000169. The predicted molar refractivity (Wildman–Crippen MR) is 85.2 cm³/mol. The van der Waals surface area contributed by atoms with E-state index in [1.165, 1.54) is 12.1 Å². The largest absolute Gasteiger partial charge is 2.00 e. The minimum atomic E-state index is -0.0855. The van der Waals surface area contributed by atoms with Crippen LogP contribution in [0.3, 0.4) is 0 Å². The van der Waals surface area contributed by atoms with Crippen LogP contribution in [0.2, 0.25) is 0 Å². The number of para-hydroxylation sites is 2. The van der Waals surface area contributed by atoms with Crippen LogP contribution in [0.5, 0.6) is 11.5 Å². The molecule has 0 unspecified atom stereocenters. The van der Waals surface area contributed by atoms with Crippen molar-refractivity contribution in [3.8, 4) is 11.5 Å². The van der Waals surface area contributed by atoms with Crippen LogP contribution in [-0.2, 0) is 23.5 Å². The Hall–Kier alpha value is -2.62. The molecule has 0 amide bonds. The van der Waals surface area contributed by atoms with Gasteiger partial charge in [0.2, 0.25) is 0 Å². The van der Waals surface area contributed by atoms with Crippen molar-refractivity contribution >= 4 is 21.8 Å². The van der Waals surface area contributed by atoms with Gasteiger partial charge >= 0.3 is 17.1 Å². The molecule has 0 fully saturated rings. The van der Waals surface area contributed by atoms with E-state index in [2.05, 4.69) is 9.97 Å². The summed E-state index contributed by atoms with van der Waals surface area (Å²) in [6.07, 6.45) is 0.481. The second-order valence-electron chi connectivity index (χ2n) is 5.44. The second kappa shape index (κ2) is 6.48. The fraction of sp³-hybridized carbons (Fsp3) is 0.0526. The molecule has 4 nitrogen and oxygen atoms in total. The topological polar surface area (TPSA) is 71.9 Å². The van der Waals surface area contributed by atoms with Crippen molar-refractivity contribution in [1.82, 2.24) is 9.97 Å². The molecular formula is C19H12CuN2O2. The molecule has 2 aromatic carbocycles. The van der Waals surface area contributed by atoms with Gasteiger partial charge in [0.15, 0.2) is 0 Å². The van der Waals surface area contributed by atoms with Crippen LogP contribution in [0.1, 0.15) is 11.4 Å². The van der Waals surface area contributed by atoms with Crippen LogP contribution in [0.15, 0.2) is 60.7 Å². The van der Waals surface area contributed by atoms with E-state index >= 15 is 0 Å². The Bertz CT molecular complexity index is 951. The maximum Gasteiger partial charge on any atom is 2.00 e. The zero-order valence-electron chi connectivity index (χ0n) is 12.5. The molecule has 0 saturated carbocycles. The van der Waals surface area contributed by atoms with Crippen molar-refractivity contribution in [2.45, 2.75) is 6.42 Å². The molecule has 0 spiro atoms. The van der Waals surface area contributed by atoms with E-state index in [9.17, 15) is 10.2 Å². The van der Waals surface area contributed by atoms with Crippen molar-refractivity contribution < 1.29 is 27.3 Å². The van der Waals surface area contributed by atoms with Gasteiger partial charge in [-0.2, -0.15) is 0 Å². The van der Waals surface area contributed by atoms with E-state index in [0.717, 1.165) is 22.2 Å². The average molecular weight is 364 g/mol. The average Bonchev–Trinajstić information content (AvgIpc) is 2.56. The molecule has 2 aromatic heterocycles. The maximum atomic E-state index is 11.9. The van der Waals surface area contributed by atoms with Gasteiger partial charge in [-0.15, -0.1) is 0 Å². The maximum absolute atomic E-state index is 11.9. The summed E-state index contributed by atoms with van der Waals surface area (Å²) < 4.78 is 0. The van der Waals surface area contributed by atoms with Crippen molar-refractivity contribution in [3.05, 3.63) is 72.1 Å². The van der Waals surface area contributed by atoms with E-state index in [1.807, 2.05) is 36.4 Å². The molecular weight excluding hydrogens is 352 g/mol. The number of hydrogen-bond donors (Lipinski definition) is 0. The summed E-state index contributed by atoms with van der Waals surface area (Å²) in [5, 5.41) is 25.4. The number of aromatic nitrogens is 2. The smallest absolute Gasteiger partial charge is 0.871 e. The molecule has 121 valence electrons. The van der Waals surface area contributed by atoms with Gasteiger partial charge in [0.05, 0.1) is 11.0 Å². The standard InChI is InChI=1S/C19H14N2O2.Cu/c22-16-5-1-3-12-7-9-14(20-18(12)16)11-15-10-8-13-4-2-6-17(23)19(13)21-15;/h1-10,22-23H,11H2;/q;+2/p-2. The molecule has 0 aliphatic heterocycles. The van der Waals surface area contributed by atoms with Crippen LogP contribution < -0.4 is 10.2 Å². The van der Waals surface area contributed by atoms with E-state index in [0.29, 0.717) is 17.5 Å². The van der Waals surface area contributed by atoms with Gasteiger partial charge in [-0.25, -0.2) is 0 Å². The van der Waals surface area contributed by atoms with Crippen LogP contribution in [-0.4, -0.2) is 9.97 Å². The summed E-state index contributed by atoms with van der Waals surface area (Å²) >= 11 is 0.